The van der Waals surface area contributed by atoms with Crippen LogP contribution in [0.5, 0.6) is 0 Å². The summed E-state index contributed by atoms with van der Waals surface area (Å²) in [5.41, 5.74) is 9.13. The maximum absolute atomic E-state index is 11.5. The second-order valence-electron chi connectivity index (χ2n) is 4.01. The number of ketones is 1. The fourth-order valence-corrected chi connectivity index (χ4v) is 1.59. The van der Waals surface area contributed by atoms with Gasteiger partial charge in [0.1, 0.15) is 6.10 Å². The third-order valence-corrected chi connectivity index (χ3v) is 2.49. The second-order valence-corrected chi connectivity index (χ2v) is 4.01. The van der Waals surface area contributed by atoms with Gasteiger partial charge in [-0.15, -0.1) is 0 Å². The summed E-state index contributed by atoms with van der Waals surface area (Å²) in [6.45, 7) is 1.98. The standard InChI is InChI=1S/C15H16N2O4/c1-2-20-15(19)8-9-21-14(10-13(18)11-17-16)12-6-4-3-5-7-12/h3-9,11,14H,2,10H2,1H3/b9-8+. The van der Waals surface area contributed by atoms with E-state index in [0.717, 1.165) is 17.9 Å². The molecular weight excluding hydrogens is 272 g/mol. The van der Waals surface area contributed by atoms with Crippen molar-refractivity contribution in [2.45, 2.75) is 19.4 Å². The lowest BCUT2D eigenvalue weighted by Crippen LogP contribution is -2.10. The number of Topliss-reactive ketones (excluding diaryl/α,β-unsaturated/α-hetero) is 1. The predicted molar refractivity (Wildman–Crippen MR) is 75.3 cm³/mol. The molecule has 0 aromatic heterocycles. The number of carbonyl (C=O) groups is 2. The van der Waals surface area contributed by atoms with E-state index in [0.29, 0.717) is 0 Å². The molecule has 0 saturated heterocycles. The highest BCUT2D eigenvalue weighted by molar-refractivity contribution is 6.25. The Bertz CT molecular complexity index is 548. The first-order valence-corrected chi connectivity index (χ1v) is 6.41. The molecule has 1 aromatic rings. The lowest BCUT2D eigenvalue weighted by Gasteiger charge is -2.14. The highest BCUT2D eigenvalue weighted by Crippen LogP contribution is 2.21. The van der Waals surface area contributed by atoms with Gasteiger partial charge in [0.2, 0.25) is 5.78 Å². The number of carbonyl (C=O) groups excluding carboxylic acids is 2. The average molecular weight is 288 g/mol. The van der Waals surface area contributed by atoms with Crippen LogP contribution in [-0.4, -0.2) is 29.4 Å². The molecule has 0 spiro atoms. The molecule has 6 nitrogen and oxygen atoms in total. The molecule has 1 unspecified atom stereocenters. The van der Waals surface area contributed by atoms with E-state index in [2.05, 4.69) is 4.79 Å². The van der Waals surface area contributed by atoms with Crippen molar-refractivity contribution in [1.29, 1.82) is 0 Å². The summed E-state index contributed by atoms with van der Waals surface area (Å²) in [7, 11) is 0. The van der Waals surface area contributed by atoms with E-state index in [4.69, 9.17) is 15.0 Å². The van der Waals surface area contributed by atoms with Crippen molar-refractivity contribution in [3.63, 3.8) is 0 Å². The van der Waals surface area contributed by atoms with Crippen molar-refractivity contribution in [3.8, 4) is 0 Å². The zero-order valence-electron chi connectivity index (χ0n) is 11.6. The summed E-state index contributed by atoms with van der Waals surface area (Å²) in [5.74, 6) is -0.913. The van der Waals surface area contributed by atoms with E-state index in [9.17, 15) is 9.59 Å². The number of ether oxygens (including phenoxy) is 2. The topological polar surface area (TPSA) is 89.0 Å². The maximum Gasteiger partial charge on any atom is 0.333 e. The van der Waals surface area contributed by atoms with Crippen LogP contribution in [0.15, 0.2) is 42.7 Å². The molecule has 0 N–H and O–H groups in total. The zero-order valence-corrected chi connectivity index (χ0v) is 11.6. The first-order valence-electron chi connectivity index (χ1n) is 6.41. The summed E-state index contributed by atoms with van der Waals surface area (Å²) < 4.78 is 10.1. The van der Waals surface area contributed by atoms with E-state index in [1.165, 1.54) is 6.26 Å². The van der Waals surface area contributed by atoms with E-state index in [1.54, 1.807) is 19.1 Å². The molecule has 0 saturated carbocycles. The number of nitrogens with zero attached hydrogens (tertiary/aromatic N) is 2. The van der Waals surface area contributed by atoms with Crippen LogP contribution in [0.25, 0.3) is 5.53 Å². The lowest BCUT2D eigenvalue weighted by atomic mass is 10.0. The molecule has 0 aliphatic carbocycles. The van der Waals surface area contributed by atoms with Gasteiger partial charge in [0, 0.05) is 0 Å². The van der Waals surface area contributed by atoms with Crippen LogP contribution >= 0.6 is 0 Å². The summed E-state index contributed by atoms with van der Waals surface area (Å²) in [4.78, 5) is 25.4. The van der Waals surface area contributed by atoms with Gasteiger partial charge in [-0.3, -0.25) is 4.79 Å². The first kappa shape index (κ1) is 16.3. The van der Waals surface area contributed by atoms with Crippen molar-refractivity contribution in [3.05, 3.63) is 53.8 Å². The van der Waals surface area contributed by atoms with Crippen molar-refractivity contribution >= 4 is 18.0 Å². The smallest absolute Gasteiger partial charge is 0.333 e. The van der Waals surface area contributed by atoms with Crippen LogP contribution in [0.3, 0.4) is 0 Å². The van der Waals surface area contributed by atoms with Gasteiger partial charge in [-0.2, -0.15) is 4.79 Å². The summed E-state index contributed by atoms with van der Waals surface area (Å²) in [6, 6.07) is 9.06. The van der Waals surface area contributed by atoms with Crippen molar-refractivity contribution < 1.29 is 23.9 Å². The normalized spacial score (nSPS) is 11.5. The molecule has 21 heavy (non-hydrogen) atoms. The molecule has 1 rings (SSSR count). The maximum atomic E-state index is 11.5. The molecule has 1 aromatic carbocycles. The lowest BCUT2D eigenvalue weighted by molar-refractivity contribution is -0.137. The Balaban J connectivity index is 2.75. The van der Waals surface area contributed by atoms with Crippen molar-refractivity contribution in [2.75, 3.05) is 6.61 Å². The van der Waals surface area contributed by atoms with Gasteiger partial charge in [-0.25, -0.2) is 4.79 Å². The van der Waals surface area contributed by atoms with Gasteiger partial charge in [0.25, 0.3) is 0 Å². The number of hydrogen-bond acceptors (Lipinski definition) is 4. The van der Waals surface area contributed by atoms with Crippen molar-refractivity contribution in [1.82, 2.24) is 0 Å². The van der Waals surface area contributed by atoms with Gasteiger partial charge in [-0.05, 0) is 12.5 Å². The Morgan fingerprint density at radius 3 is 2.67 bits per heavy atom. The Labute approximate surface area is 122 Å². The van der Waals surface area contributed by atoms with Gasteiger partial charge in [-0.1, -0.05) is 30.3 Å². The molecule has 0 bridgehead atoms. The Hall–Kier alpha value is -2.72. The first-order chi connectivity index (χ1) is 10.2. The third kappa shape index (κ3) is 6.31. The third-order valence-electron chi connectivity index (χ3n) is 2.49. The molecule has 0 heterocycles. The summed E-state index contributed by atoms with van der Waals surface area (Å²) in [5, 5.41) is 0. The number of benzene rings is 1. The van der Waals surface area contributed by atoms with E-state index in [-0.39, 0.29) is 13.0 Å². The number of hydrogen-bond donors (Lipinski definition) is 0. The van der Waals surface area contributed by atoms with Crippen molar-refractivity contribution in [2.24, 2.45) is 0 Å². The minimum Gasteiger partial charge on any atom is -0.493 e. The summed E-state index contributed by atoms with van der Waals surface area (Å²) >= 11 is 0. The van der Waals surface area contributed by atoms with Crippen LogP contribution in [0.2, 0.25) is 0 Å². The van der Waals surface area contributed by atoms with Crippen LogP contribution in [0.1, 0.15) is 25.0 Å². The monoisotopic (exact) mass is 288 g/mol. The predicted octanol–water partition coefficient (Wildman–Crippen LogP) is 2.08. The molecule has 6 heteroatoms. The largest absolute Gasteiger partial charge is 0.493 e. The molecule has 0 fully saturated rings. The van der Waals surface area contributed by atoms with Gasteiger partial charge >= 0.3 is 12.2 Å². The SMILES string of the molecule is CCOC(=O)/C=C/OC(CC(=O)C=[N+]=[N-])c1ccccc1. The fourth-order valence-electron chi connectivity index (χ4n) is 1.59. The molecule has 0 aliphatic heterocycles. The van der Waals surface area contributed by atoms with Crippen LogP contribution in [-0.2, 0) is 19.1 Å². The van der Waals surface area contributed by atoms with Gasteiger partial charge in [0.05, 0.1) is 25.4 Å². The van der Waals surface area contributed by atoms with E-state index < -0.39 is 17.9 Å². The van der Waals surface area contributed by atoms with Crippen LogP contribution in [0, 0.1) is 0 Å². The quantitative estimate of drug-likeness (QED) is 0.183. The second kappa shape index (κ2) is 9.23. The van der Waals surface area contributed by atoms with Gasteiger partial charge in [0.15, 0.2) is 0 Å². The molecular formula is C15H16N2O4. The fraction of sp³-hybridized carbons (Fsp3) is 0.267. The Morgan fingerprint density at radius 2 is 2.05 bits per heavy atom. The average Bonchev–Trinajstić information content (AvgIpc) is 2.47. The van der Waals surface area contributed by atoms with Crippen LogP contribution in [0.4, 0.5) is 0 Å². The minimum absolute atomic E-state index is 0.0127. The Kier molecular flexibility index (Phi) is 7.18. The summed E-state index contributed by atoms with van der Waals surface area (Å²) in [6.07, 6.45) is 2.56. The Morgan fingerprint density at radius 1 is 1.33 bits per heavy atom. The molecule has 1 atom stereocenters. The molecule has 0 amide bonds. The molecule has 0 radical (unpaired) electrons. The van der Waals surface area contributed by atoms with Crippen LogP contribution < -0.4 is 0 Å². The minimum atomic E-state index is -0.581. The molecule has 110 valence electrons. The van der Waals surface area contributed by atoms with E-state index in [1.807, 2.05) is 18.2 Å². The highest BCUT2D eigenvalue weighted by atomic mass is 16.5. The number of esters is 1. The van der Waals surface area contributed by atoms with E-state index >= 15 is 0 Å². The highest BCUT2D eigenvalue weighted by Gasteiger charge is 2.17. The zero-order chi connectivity index (χ0) is 15.5. The van der Waals surface area contributed by atoms with Gasteiger partial charge < -0.3 is 15.0 Å². The molecule has 0 aliphatic rings. The number of rotatable bonds is 8.